The molecule has 0 spiro atoms. The summed E-state index contributed by atoms with van der Waals surface area (Å²) in [4.78, 5) is 46.8. The van der Waals surface area contributed by atoms with E-state index in [-0.39, 0.29) is 35.3 Å². The maximum atomic E-state index is 12.3. The highest BCUT2D eigenvalue weighted by atomic mass is 32.2. The summed E-state index contributed by atoms with van der Waals surface area (Å²) in [6.45, 7) is 11.1. The van der Waals surface area contributed by atoms with E-state index in [9.17, 15) is 19.2 Å². The largest absolute Gasteiger partial charge is 0.449 e. The number of carbonyl (C=O) groups is 4. The molecule has 10 heteroatoms. The molecule has 0 unspecified atom stereocenters. The van der Waals surface area contributed by atoms with Gasteiger partial charge in [0, 0.05) is 48.3 Å². The number of thioether (sulfide) groups is 2. The first-order valence-electron chi connectivity index (χ1n) is 17.3. The fraction of sp³-hybridized carbons (Fsp3) is 0.333. The molecule has 4 aromatic carbocycles. The lowest BCUT2D eigenvalue weighted by molar-refractivity contribution is -0.109. The van der Waals surface area contributed by atoms with Crippen molar-refractivity contribution in [1.29, 1.82) is 0 Å². The van der Waals surface area contributed by atoms with Gasteiger partial charge in [0.2, 0.25) is 0 Å². The lowest BCUT2D eigenvalue weighted by Gasteiger charge is -2.25. The van der Waals surface area contributed by atoms with Gasteiger partial charge in [0.25, 0.3) is 0 Å². The summed E-state index contributed by atoms with van der Waals surface area (Å²) in [6.07, 6.45) is -0.915. The zero-order chi connectivity index (χ0) is 37.5. The Bertz CT molecular complexity index is 1710. The second-order valence-electron chi connectivity index (χ2n) is 14.2. The van der Waals surface area contributed by atoms with Crippen LogP contribution in [0, 0.1) is 0 Å². The first-order chi connectivity index (χ1) is 24.7. The van der Waals surface area contributed by atoms with E-state index >= 15 is 0 Å². The fourth-order valence-electron chi connectivity index (χ4n) is 6.46. The van der Waals surface area contributed by atoms with Crippen molar-refractivity contribution < 1.29 is 28.7 Å². The normalized spacial score (nSPS) is 13.0. The summed E-state index contributed by atoms with van der Waals surface area (Å²) in [5, 5.41) is 5.77. The van der Waals surface area contributed by atoms with Crippen molar-refractivity contribution in [3.63, 3.8) is 0 Å². The Balaban J connectivity index is 0.000000201. The van der Waals surface area contributed by atoms with E-state index in [1.54, 1.807) is 0 Å². The fourth-order valence-corrected chi connectivity index (χ4v) is 7.73. The van der Waals surface area contributed by atoms with Gasteiger partial charge in [-0.1, -0.05) is 121 Å². The van der Waals surface area contributed by atoms with Crippen LogP contribution in [0.25, 0.3) is 22.3 Å². The van der Waals surface area contributed by atoms with Crippen LogP contribution < -0.4 is 10.6 Å². The predicted molar refractivity (Wildman–Crippen MR) is 211 cm³/mol. The van der Waals surface area contributed by atoms with Gasteiger partial charge in [0.1, 0.15) is 13.2 Å². The number of nitrogens with one attached hydrogen (secondary N) is 2. The summed E-state index contributed by atoms with van der Waals surface area (Å²) >= 11 is 2.39. The minimum Gasteiger partial charge on any atom is -0.449 e. The number of hydrogen-bond donors (Lipinski definition) is 2. The molecule has 0 heterocycles. The zero-order valence-corrected chi connectivity index (χ0v) is 32.1. The Morgan fingerprint density at radius 3 is 1.06 bits per heavy atom. The van der Waals surface area contributed by atoms with Gasteiger partial charge in [-0.3, -0.25) is 9.59 Å². The van der Waals surface area contributed by atoms with Crippen molar-refractivity contribution in [2.75, 3.05) is 24.7 Å². The van der Waals surface area contributed by atoms with Gasteiger partial charge in [-0.15, -0.1) is 0 Å². The molecule has 2 N–H and O–H groups in total. The summed E-state index contributed by atoms with van der Waals surface area (Å²) in [7, 11) is 0. The second-order valence-corrected chi connectivity index (χ2v) is 16.5. The third-order valence-corrected chi connectivity index (χ3v) is 11.4. The molecule has 0 saturated carbocycles. The smallest absolute Gasteiger partial charge is 0.407 e. The Morgan fingerprint density at radius 1 is 0.519 bits per heavy atom. The number of hydrogen-bond acceptors (Lipinski definition) is 8. The number of ether oxygens (including phenoxy) is 2. The van der Waals surface area contributed by atoms with Crippen LogP contribution in [0.1, 0.15) is 75.6 Å². The Kier molecular flexibility index (Phi) is 12.5. The van der Waals surface area contributed by atoms with E-state index in [1.807, 2.05) is 76.2 Å². The molecule has 0 bridgehead atoms. The van der Waals surface area contributed by atoms with Crippen molar-refractivity contribution in [1.82, 2.24) is 10.6 Å². The van der Waals surface area contributed by atoms with Crippen LogP contribution in [0.3, 0.4) is 0 Å². The van der Waals surface area contributed by atoms with Gasteiger partial charge in [0.15, 0.2) is 10.2 Å². The Labute approximate surface area is 314 Å². The summed E-state index contributed by atoms with van der Waals surface area (Å²) in [5.41, 5.74) is 8.54. The summed E-state index contributed by atoms with van der Waals surface area (Å²) in [5.74, 6) is 1.10. The minimum atomic E-state index is -0.515. The van der Waals surface area contributed by atoms with Gasteiger partial charge >= 0.3 is 12.2 Å². The van der Waals surface area contributed by atoms with Crippen LogP contribution in [0.4, 0.5) is 9.59 Å². The van der Waals surface area contributed by atoms with E-state index in [4.69, 9.17) is 9.47 Å². The average molecular weight is 739 g/mol. The molecule has 52 heavy (non-hydrogen) atoms. The highest BCUT2D eigenvalue weighted by Crippen LogP contribution is 2.45. The van der Waals surface area contributed by atoms with Crippen LogP contribution in [0.2, 0.25) is 0 Å². The van der Waals surface area contributed by atoms with E-state index in [0.717, 1.165) is 0 Å². The molecule has 2 amide bonds. The summed E-state index contributed by atoms with van der Waals surface area (Å²) < 4.78 is 11.1. The Hall–Kier alpha value is -4.54. The number of carbonyl (C=O) groups excluding carboxylic acids is 4. The van der Waals surface area contributed by atoms with E-state index in [0.29, 0.717) is 11.5 Å². The molecular formula is C42H46N2O6S2. The zero-order valence-electron chi connectivity index (χ0n) is 30.5. The maximum absolute atomic E-state index is 12.3. The number of amides is 2. The predicted octanol–water partition coefficient (Wildman–Crippen LogP) is 9.17. The third-order valence-electron chi connectivity index (χ3n) is 8.84. The average Bonchev–Trinajstić information content (AvgIpc) is 3.60. The highest BCUT2D eigenvalue weighted by molar-refractivity contribution is 8.13. The third kappa shape index (κ3) is 9.86. The first kappa shape index (κ1) is 38.7. The van der Waals surface area contributed by atoms with Gasteiger partial charge in [-0.2, -0.15) is 0 Å². The minimum absolute atomic E-state index is 0.0346. The molecular weight excluding hydrogens is 693 g/mol. The molecule has 2 aliphatic carbocycles. The standard InChI is InChI=1S/2C21H23NO3S/c2*1-14(23)26-13-21(2,3)22-20(24)25-12-19-17-10-6-4-8-15(17)16-9-5-7-11-18(16)19/h2*4-11,19H,12-13H2,1-3H3,(H,22,24). The van der Waals surface area contributed by atoms with Crippen LogP contribution in [0.15, 0.2) is 97.1 Å². The van der Waals surface area contributed by atoms with Crippen molar-refractivity contribution in [2.24, 2.45) is 0 Å². The number of alkyl carbamates (subject to hydrolysis) is 2. The van der Waals surface area contributed by atoms with Crippen molar-refractivity contribution in [2.45, 2.75) is 64.5 Å². The summed E-state index contributed by atoms with van der Waals surface area (Å²) in [6, 6.07) is 33.0. The molecule has 0 aliphatic heterocycles. The van der Waals surface area contributed by atoms with E-state index in [1.165, 1.54) is 81.9 Å². The van der Waals surface area contributed by atoms with E-state index < -0.39 is 23.3 Å². The van der Waals surface area contributed by atoms with Crippen molar-refractivity contribution in [3.8, 4) is 22.3 Å². The number of fused-ring (bicyclic) bond motifs is 6. The van der Waals surface area contributed by atoms with Crippen LogP contribution in [-0.2, 0) is 19.1 Å². The molecule has 2 aliphatic rings. The van der Waals surface area contributed by atoms with Gasteiger partial charge in [0.05, 0.1) is 0 Å². The molecule has 0 fully saturated rings. The molecule has 0 radical (unpaired) electrons. The van der Waals surface area contributed by atoms with Gasteiger partial charge in [-0.25, -0.2) is 9.59 Å². The van der Waals surface area contributed by atoms with Gasteiger partial charge in [-0.05, 0) is 72.2 Å². The monoisotopic (exact) mass is 738 g/mol. The lowest BCUT2D eigenvalue weighted by Crippen LogP contribution is -2.46. The SMILES string of the molecule is CC(=O)SCC(C)(C)NC(=O)OCC1c2ccccc2-c2ccccc21.CC(=O)SCC(C)(C)NC(=O)OCC1c2ccccc2-c2ccccc21. The second kappa shape index (κ2) is 16.9. The molecule has 8 nitrogen and oxygen atoms in total. The van der Waals surface area contributed by atoms with Crippen LogP contribution in [-0.4, -0.2) is 58.2 Å². The maximum Gasteiger partial charge on any atom is 0.407 e. The Morgan fingerprint density at radius 2 is 0.788 bits per heavy atom. The first-order valence-corrected chi connectivity index (χ1v) is 19.2. The van der Waals surface area contributed by atoms with Crippen LogP contribution >= 0.6 is 23.5 Å². The topological polar surface area (TPSA) is 111 Å². The number of rotatable bonds is 10. The number of benzene rings is 4. The van der Waals surface area contributed by atoms with Crippen molar-refractivity contribution >= 4 is 45.9 Å². The quantitative estimate of drug-likeness (QED) is 0.166. The molecule has 6 rings (SSSR count). The van der Waals surface area contributed by atoms with Crippen molar-refractivity contribution in [3.05, 3.63) is 119 Å². The molecule has 0 atom stereocenters. The molecule has 272 valence electrons. The molecule has 4 aromatic rings. The van der Waals surface area contributed by atoms with Gasteiger partial charge < -0.3 is 20.1 Å². The lowest BCUT2D eigenvalue weighted by atomic mass is 9.98. The molecule has 0 saturated heterocycles. The van der Waals surface area contributed by atoms with E-state index in [2.05, 4.69) is 59.2 Å². The van der Waals surface area contributed by atoms with Crippen LogP contribution in [0.5, 0.6) is 0 Å². The molecule has 0 aromatic heterocycles. The highest BCUT2D eigenvalue weighted by Gasteiger charge is 2.31.